The fourth-order valence-electron chi connectivity index (χ4n) is 2.49. The first-order valence-electron chi connectivity index (χ1n) is 7.16. The lowest BCUT2D eigenvalue weighted by molar-refractivity contribution is -0.137. The number of hydrogen-bond acceptors (Lipinski definition) is 3. The molecule has 0 aromatic heterocycles. The van der Waals surface area contributed by atoms with Crippen LogP contribution < -0.4 is 16.2 Å². The van der Waals surface area contributed by atoms with Crippen LogP contribution in [0.1, 0.15) is 11.1 Å². The molecule has 0 heterocycles. The molecular formula is C18H12F3NO2. The van der Waals surface area contributed by atoms with Crippen LogP contribution >= 0.6 is 0 Å². The van der Waals surface area contributed by atoms with Crippen molar-refractivity contribution in [3.63, 3.8) is 0 Å². The Balaban J connectivity index is 1.83. The molecule has 3 nitrogen and oxygen atoms in total. The van der Waals surface area contributed by atoms with Crippen molar-refractivity contribution in [2.24, 2.45) is 0 Å². The standard InChI is InChI=1S/C18H12F3NO2/c19-18(20,21)13-8-4-5-11(9-13)10-22-15-14(16(23)17(15)24)12-6-2-1-3-7-12/h1-9,22H,10H2. The van der Waals surface area contributed by atoms with Gasteiger partial charge in [0.2, 0.25) is 10.9 Å². The summed E-state index contributed by atoms with van der Waals surface area (Å²) < 4.78 is 38.1. The molecule has 0 saturated heterocycles. The molecule has 0 unspecified atom stereocenters. The zero-order valence-electron chi connectivity index (χ0n) is 12.4. The van der Waals surface area contributed by atoms with Crippen LogP contribution in [0.3, 0.4) is 0 Å². The maximum absolute atomic E-state index is 12.7. The second kappa shape index (κ2) is 5.96. The van der Waals surface area contributed by atoms with Gasteiger partial charge in [-0.3, -0.25) is 9.59 Å². The van der Waals surface area contributed by atoms with Crippen molar-refractivity contribution in [3.8, 4) is 11.1 Å². The van der Waals surface area contributed by atoms with Gasteiger partial charge < -0.3 is 5.32 Å². The topological polar surface area (TPSA) is 46.2 Å². The van der Waals surface area contributed by atoms with Gasteiger partial charge >= 0.3 is 6.18 Å². The molecule has 0 saturated carbocycles. The Morgan fingerprint density at radius 1 is 0.875 bits per heavy atom. The number of benzene rings is 2. The predicted molar refractivity (Wildman–Crippen MR) is 85.6 cm³/mol. The zero-order chi connectivity index (χ0) is 17.3. The zero-order valence-corrected chi connectivity index (χ0v) is 12.4. The fourth-order valence-corrected chi connectivity index (χ4v) is 2.49. The Bertz CT molecular complexity index is 939. The third kappa shape index (κ3) is 2.95. The smallest absolute Gasteiger partial charge is 0.377 e. The number of alkyl halides is 3. The average molecular weight is 331 g/mol. The number of halogens is 3. The Labute approximate surface area is 135 Å². The molecule has 122 valence electrons. The summed E-state index contributed by atoms with van der Waals surface area (Å²) in [5, 5.41) is 2.78. The maximum atomic E-state index is 12.7. The molecule has 0 fully saturated rings. The molecule has 0 amide bonds. The number of nitrogens with one attached hydrogen (secondary N) is 1. The summed E-state index contributed by atoms with van der Waals surface area (Å²) in [5.41, 5.74) is -0.606. The summed E-state index contributed by atoms with van der Waals surface area (Å²) in [6.07, 6.45) is -4.42. The third-order valence-corrected chi connectivity index (χ3v) is 3.70. The first-order valence-corrected chi connectivity index (χ1v) is 7.16. The van der Waals surface area contributed by atoms with E-state index in [0.29, 0.717) is 11.1 Å². The van der Waals surface area contributed by atoms with Gasteiger partial charge in [0.1, 0.15) is 0 Å². The molecule has 3 aromatic carbocycles. The van der Waals surface area contributed by atoms with Crippen molar-refractivity contribution in [3.05, 3.63) is 86.2 Å². The normalized spacial score (nSPS) is 11.6. The van der Waals surface area contributed by atoms with Crippen LogP contribution in [0.25, 0.3) is 11.1 Å². The Morgan fingerprint density at radius 3 is 2.25 bits per heavy atom. The van der Waals surface area contributed by atoms with Crippen LogP contribution in [0.2, 0.25) is 0 Å². The quantitative estimate of drug-likeness (QED) is 0.743. The van der Waals surface area contributed by atoms with E-state index in [9.17, 15) is 22.8 Å². The molecule has 0 aliphatic rings. The van der Waals surface area contributed by atoms with E-state index < -0.39 is 22.6 Å². The Kier molecular flexibility index (Phi) is 3.97. The number of hydrogen-bond donors (Lipinski definition) is 1. The minimum absolute atomic E-state index is 0.0224. The maximum Gasteiger partial charge on any atom is 0.416 e. The van der Waals surface area contributed by atoms with Crippen LogP contribution in [0.5, 0.6) is 0 Å². The number of rotatable bonds is 4. The molecule has 1 N–H and O–H groups in total. The molecule has 3 rings (SSSR count). The molecule has 24 heavy (non-hydrogen) atoms. The van der Waals surface area contributed by atoms with E-state index in [2.05, 4.69) is 5.32 Å². The third-order valence-electron chi connectivity index (χ3n) is 3.70. The molecule has 0 aliphatic heterocycles. The first kappa shape index (κ1) is 16.0. The van der Waals surface area contributed by atoms with Crippen molar-refractivity contribution in [1.82, 2.24) is 0 Å². The van der Waals surface area contributed by atoms with E-state index in [4.69, 9.17) is 0 Å². The molecule has 0 bridgehead atoms. The van der Waals surface area contributed by atoms with Crippen molar-refractivity contribution in [2.75, 3.05) is 5.32 Å². The van der Waals surface area contributed by atoms with Crippen molar-refractivity contribution in [1.29, 1.82) is 0 Å². The van der Waals surface area contributed by atoms with Gasteiger partial charge in [-0.1, -0.05) is 42.5 Å². The first-order chi connectivity index (χ1) is 11.4. The lowest BCUT2D eigenvalue weighted by Gasteiger charge is -2.14. The van der Waals surface area contributed by atoms with Crippen molar-refractivity contribution in [2.45, 2.75) is 12.7 Å². The highest BCUT2D eigenvalue weighted by Crippen LogP contribution is 2.30. The van der Waals surface area contributed by atoms with Gasteiger partial charge in [0.05, 0.1) is 16.8 Å². The fraction of sp³-hybridized carbons (Fsp3) is 0.111. The molecule has 0 aliphatic carbocycles. The summed E-state index contributed by atoms with van der Waals surface area (Å²) in [5.74, 6) is 0. The average Bonchev–Trinajstić information content (AvgIpc) is 2.58. The second-order valence-electron chi connectivity index (χ2n) is 5.33. The minimum Gasteiger partial charge on any atom is -0.377 e. The summed E-state index contributed by atoms with van der Waals surface area (Å²) in [6, 6.07) is 13.5. The lowest BCUT2D eigenvalue weighted by atomic mass is 9.98. The molecule has 0 spiro atoms. The number of anilines is 1. The van der Waals surface area contributed by atoms with Crippen molar-refractivity contribution >= 4 is 5.69 Å². The minimum atomic E-state index is -4.42. The highest BCUT2D eigenvalue weighted by molar-refractivity contribution is 5.81. The van der Waals surface area contributed by atoms with Crippen LogP contribution in [-0.2, 0) is 12.7 Å². The van der Waals surface area contributed by atoms with E-state index >= 15 is 0 Å². The van der Waals surface area contributed by atoms with Crippen LogP contribution in [0.15, 0.2) is 64.2 Å². The van der Waals surface area contributed by atoms with Gasteiger partial charge in [-0.25, -0.2) is 0 Å². The predicted octanol–water partition coefficient (Wildman–Crippen LogP) is 3.58. The summed E-state index contributed by atoms with van der Waals surface area (Å²) in [6.45, 7) is 0.0224. The van der Waals surface area contributed by atoms with Gasteiger partial charge in [-0.15, -0.1) is 0 Å². The Morgan fingerprint density at radius 2 is 1.58 bits per heavy atom. The molecule has 0 radical (unpaired) electrons. The van der Waals surface area contributed by atoms with Gasteiger partial charge in [0.25, 0.3) is 0 Å². The summed E-state index contributed by atoms with van der Waals surface area (Å²) >= 11 is 0. The second-order valence-corrected chi connectivity index (χ2v) is 5.33. The van der Waals surface area contributed by atoms with Gasteiger partial charge in [-0.05, 0) is 23.3 Å². The molecule has 6 heteroatoms. The summed E-state index contributed by atoms with van der Waals surface area (Å²) in [4.78, 5) is 23.5. The van der Waals surface area contributed by atoms with Gasteiger partial charge in [0.15, 0.2) is 0 Å². The van der Waals surface area contributed by atoms with Crippen LogP contribution in [0.4, 0.5) is 18.9 Å². The highest BCUT2D eigenvalue weighted by Gasteiger charge is 2.30. The largest absolute Gasteiger partial charge is 0.416 e. The van der Waals surface area contributed by atoms with E-state index in [1.807, 2.05) is 0 Å². The van der Waals surface area contributed by atoms with Crippen molar-refractivity contribution < 1.29 is 13.2 Å². The van der Waals surface area contributed by atoms with Crippen LogP contribution in [-0.4, -0.2) is 0 Å². The summed E-state index contributed by atoms with van der Waals surface area (Å²) in [7, 11) is 0. The van der Waals surface area contributed by atoms with E-state index in [-0.39, 0.29) is 17.8 Å². The molecule has 3 aromatic rings. The Hall–Kier alpha value is -2.89. The van der Waals surface area contributed by atoms with Gasteiger partial charge in [-0.2, -0.15) is 13.2 Å². The van der Waals surface area contributed by atoms with Gasteiger partial charge in [0, 0.05) is 6.54 Å². The van der Waals surface area contributed by atoms with E-state index in [1.165, 1.54) is 12.1 Å². The highest BCUT2D eigenvalue weighted by atomic mass is 19.4. The van der Waals surface area contributed by atoms with Crippen LogP contribution in [0, 0.1) is 0 Å². The molecular weight excluding hydrogens is 319 g/mol. The molecule has 0 atom stereocenters. The SMILES string of the molecule is O=c1c(NCc2cccc(C(F)(F)F)c2)c(-c2ccccc2)c1=O. The monoisotopic (exact) mass is 331 g/mol. The van der Waals surface area contributed by atoms with E-state index in [1.54, 1.807) is 30.3 Å². The lowest BCUT2D eigenvalue weighted by Crippen LogP contribution is -2.36. The van der Waals surface area contributed by atoms with E-state index in [0.717, 1.165) is 12.1 Å².